The third kappa shape index (κ3) is 2.52. The molecule has 0 heterocycles. The first kappa shape index (κ1) is 10.7. The van der Waals surface area contributed by atoms with Crippen LogP contribution in [0.4, 0.5) is 0 Å². The van der Waals surface area contributed by atoms with Crippen molar-refractivity contribution in [3.63, 3.8) is 0 Å². The van der Waals surface area contributed by atoms with Crippen LogP contribution in [-0.4, -0.2) is 6.26 Å². The van der Waals surface area contributed by atoms with Crippen molar-refractivity contribution in [1.82, 2.24) is 0 Å². The zero-order chi connectivity index (χ0) is 9.84. The Morgan fingerprint density at radius 2 is 2.23 bits per heavy atom. The van der Waals surface area contributed by atoms with Crippen LogP contribution in [0.1, 0.15) is 11.5 Å². The van der Waals surface area contributed by atoms with E-state index < -0.39 is 0 Å². The lowest BCUT2D eigenvalue weighted by Crippen LogP contribution is -1.88. The molecule has 2 heteroatoms. The summed E-state index contributed by atoms with van der Waals surface area (Å²) in [4.78, 5) is 1.10. The number of halogens is 1. The smallest absolute Gasteiger partial charge is 0.0544 e. The van der Waals surface area contributed by atoms with Crippen molar-refractivity contribution in [3.05, 3.63) is 48.4 Å². The van der Waals surface area contributed by atoms with E-state index in [2.05, 4.69) is 13.5 Å². The molecule has 1 radical (unpaired) electrons. The summed E-state index contributed by atoms with van der Waals surface area (Å²) >= 11 is 7.69. The first-order valence-electron chi connectivity index (χ1n) is 3.98. The van der Waals surface area contributed by atoms with E-state index in [1.165, 1.54) is 0 Å². The Hall–Kier alpha value is -0.400. The van der Waals surface area contributed by atoms with Gasteiger partial charge in [0, 0.05) is 10.8 Å². The topological polar surface area (TPSA) is 0 Å². The molecule has 69 valence electrons. The fraction of sp³-hybridized carbons (Fsp3) is 0.182. The summed E-state index contributed by atoms with van der Waals surface area (Å²) < 4.78 is 0. The molecule has 0 aliphatic rings. The SMILES string of the molecule is [CH2]C(C=C)c1ccc(SC)c(Cl)c1. The third-order valence-electron chi connectivity index (χ3n) is 1.89. The van der Waals surface area contributed by atoms with Gasteiger partial charge in [0.25, 0.3) is 0 Å². The lowest BCUT2D eigenvalue weighted by molar-refractivity contribution is 1.08. The highest BCUT2D eigenvalue weighted by atomic mass is 35.5. The first-order chi connectivity index (χ1) is 6.19. The van der Waals surface area contributed by atoms with Gasteiger partial charge in [0.15, 0.2) is 0 Å². The molecule has 1 rings (SSSR count). The fourth-order valence-electron chi connectivity index (χ4n) is 1.05. The predicted molar refractivity (Wildman–Crippen MR) is 61.5 cm³/mol. The number of thioether (sulfide) groups is 1. The maximum Gasteiger partial charge on any atom is 0.0544 e. The maximum atomic E-state index is 6.05. The first-order valence-corrected chi connectivity index (χ1v) is 5.58. The molecule has 1 unspecified atom stereocenters. The molecule has 0 saturated carbocycles. The molecule has 1 aromatic carbocycles. The van der Waals surface area contributed by atoms with Gasteiger partial charge >= 0.3 is 0 Å². The van der Waals surface area contributed by atoms with Crippen molar-refractivity contribution in [3.8, 4) is 0 Å². The van der Waals surface area contributed by atoms with Crippen molar-refractivity contribution >= 4 is 23.4 Å². The van der Waals surface area contributed by atoms with Gasteiger partial charge in [-0.1, -0.05) is 23.7 Å². The largest absolute Gasteiger partial charge is 0.128 e. The average molecular weight is 212 g/mol. The molecule has 0 spiro atoms. The van der Waals surface area contributed by atoms with Crippen LogP contribution in [0.3, 0.4) is 0 Å². The van der Waals surface area contributed by atoms with E-state index in [1.807, 2.05) is 30.5 Å². The van der Waals surface area contributed by atoms with Crippen molar-refractivity contribution in [2.45, 2.75) is 10.8 Å². The number of benzene rings is 1. The molecule has 0 aliphatic heterocycles. The Kier molecular flexibility index (Phi) is 3.89. The summed E-state index contributed by atoms with van der Waals surface area (Å²) in [5, 5.41) is 0.792. The minimum Gasteiger partial charge on any atom is -0.128 e. The lowest BCUT2D eigenvalue weighted by Gasteiger charge is -2.08. The molecule has 0 aliphatic carbocycles. The minimum absolute atomic E-state index is 0.119. The molecule has 1 atom stereocenters. The maximum absolute atomic E-state index is 6.05. The molecule has 13 heavy (non-hydrogen) atoms. The van der Waals surface area contributed by atoms with Crippen LogP contribution < -0.4 is 0 Å². The highest BCUT2D eigenvalue weighted by Crippen LogP contribution is 2.28. The summed E-state index contributed by atoms with van der Waals surface area (Å²) in [6.45, 7) is 7.64. The summed E-state index contributed by atoms with van der Waals surface area (Å²) in [5.41, 5.74) is 1.11. The fourth-order valence-corrected chi connectivity index (χ4v) is 1.93. The summed E-state index contributed by atoms with van der Waals surface area (Å²) in [5.74, 6) is 0.119. The normalized spacial score (nSPS) is 12.5. The minimum atomic E-state index is 0.119. The summed E-state index contributed by atoms with van der Waals surface area (Å²) in [6, 6.07) is 6.01. The summed E-state index contributed by atoms with van der Waals surface area (Å²) in [6.07, 6.45) is 3.82. The molecular formula is C11H12ClS. The van der Waals surface area contributed by atoms with Gasteiger partial charge in [0.1, 0.15) is 0 Å². The quantitative estimate of drug-likeness (QED) is 0.534. The number of allylic oxidation sites excluding steroid dienone is 1. The molecule has 0 saturated heterocycles. The average Bonchev–Trinajstić information content (AvgIpc) is 2.16. The van der Waals surface area contributed by atoms with Gasteiger partial charge < -0.3 is 0 Å². The van der Waals surface area contributed by atoms with Crippen LogP contribution in [0.25, 0.3) is 0 Å². The molecular weight excluding hydrogens is 200 g/mol. The highest BCUT2D eigenvalue weighted by molar-refractivity contribution is 7.98. The molecule has 0 nitrogen and oxygen atoms in total. The van der Waals surface area contributed by atoms with Crippen molar-refractivity contribution in [2.24, 2.45) is 0 Å². The predicted octanol–water partition coefficient (Wildman–Crippen LogP) is 4.17. The van der Waals surface area contributed by atoms with E-state index in [0.29, 0.717) is 0 Å². The van der Waals surface area contributed by atoms with Crippen molar-refractivity contribution < 1.29 is 0 Å². The van der Waals surface area contributed by atoms with Crippen LogP contribution in [-0.2, 0) is 0 Å². The van der Waals surface area contributed by atoms with E-state index in [4.69, 9.17) is 11.6 Å². The van der Waals surface area contributed by atoms with Gasteiger partial charge in [-0.3, -0.25) is 0 Å². The Balaban J connectivity index is 3.02. The monoisotopic (exact) mass is 211 g/mol. The second-order valence-corrected chi connectivity index (χ2v) is 3.99. The molecule has 0 fully saturated rings. The van der Waals surface area contributed by atoms with Crippen LogP contribution >= 0.6 is 23.4 Å². The third-order valence-corrected chi connectivity index (χ3v) is 3.11. The Labute approximate surface area is 89.0 Å². The zero-order valence-electron chi connectivity index (χ0n) is 7.59. The molecule has 1 aromatic rings. The van der Waals surface area contributed by atoms with Gasteiger partial charge in [-0.05, 0) is 30.9 Å². The lowest BCUT2D eigenvalue weighted by atomic mass is 10.0. The standard InChI is InChI=1S/C11H12ClS/c1-4-8(2)9-5-6-11(13-3)10(12)7-9/h4-8H,1-2H2,3H3. The molecule has 0 bridgehead atoms. The van der Waals surface area contributed by atoms with Gasteiger partial charge in [0.2, 0.25) is 0 Å². The van der Waals surface area contributed by atoms with E-state index in [-0.39, 0.29) is 5.92 Å². The van der Waals surface area contributed by atoms with Crippen LogP contribution in [0.5, 0.6) is 0 Å². The van der Waals surface area contributed by atoms with E-state index >= 15 is 0 Å². The van der Waals surface area contributed by atoms with Gasteiger partial charge in [-0.25, -0.2) is 0 Å². The van der Waals surface area contributed by atoms with E-state index in [0.717, 1.165) is 15.5 Å². The van der Waals surface area contributed by atoms with Crippen LogP contribution in [0.15, 0.2) is 35.7 Å². The van der Waals surface area contributed by atoms with Crippen molar-refractivity contribution in [1.29, 1.82) is 0 Å². The zero-order valence-corrected chi connectivity index (χ0v) is 9.16. The summed E-state index contributed by atoms with van der Waals surface area (Å²) in [7, 11) is 0. The number of hydrogen-bond donors (Lipinski definition) is 0. The van der Waals surface area contributed by atoms with Crippen LogP contribution in [0.2, 0.25) is 5.02 Å². The van der Waals surface area contributed by atoms with Crippen LogP contribution in [0, 0.1) is 6.92 Å². The number of rotatable bonds is 3. The second kappa shape index (κ2) is 4.73. The second-order valence-electron chi connectivity index (χ2n) is 2.74. The van der Waals surface area contributed by atoms with Crippen molar-refractivity contribution in [2.75, 3.05) is 6.26 Å². The molecule has 0 aromatic heterocycles. The van der Waals surface area contributed by atoms with Gasteiger partial charge in [0.05, 0.1) is 5.02 Å². The highest BCUT2D eigenvalue weighted by Gasteiger charge is 2.04. The van der Waals surface area contributed by atoms with E-state index in [1.54, 1.807) is 11.8 Å². The van der Waals surface area contributed by atoms with Gasteiger partial charge in [-0.2, -0.15) is 0 Å². The van der Waals surface area contributed by atoms with Gasteiger partial charge in [-0.15, -0.1) is 18.3 Å². The molecule has 0 amide bonds. The Bertz CT molecular complexity index is 307. The Morgan fingerprint density at radius 1 is 1.54 bits per heavy atom. The van der Waals surface area contributed by atoms with E-state index in [9.17, 15) is 0 Å². The molecule has 0 N–H and O–H groups in total. The Morgan fingerprint density at radius 3 is 2.69 bits per heavy atom. The number of hydrogen-bond acceptors (Lipinski definition) is 1.